The molecule has 0 aromatic heterocycles. The maximum atomic E-state index is 9.82. The summed E-state index contributed by atoms with van der Waals surface area (Å²) in [6.07, 6.45) is 1.53. The second-order valence-corrected chi connectivity index (χ2v) is 4.19. The molecule has 0 amide bonds. The highest BCUT2D eigenvalue weighted by Gasteiger charge is 2.19. The largest absolute Gasteiger partial charge is 0.504 e. The van der Waals surface area contributed by atoms with E-state index in [-0.39, 0.29) is 11.5 Å². The maximum absolute atomic E-state index is 9.82. The van der Waals surface area contributed by atoms with Crippen molar-refractivity contribution in [3.8, 4) is 11.5 Å². The summed E-state index contributed by atoms with van der Waals surface area (Å²) in [6, 6.07) is 11.7. The molecule has 1 aliphatic rings. The average Bonchev–Trinajstić information content (AvgIpc) is 2.32. The molecule has 2 nitrogen and oxygen atoms in total. The van der Waals surface area contributed by atoms with E-state index < -0.39 is 0 Å². The molecule has 0 saturated heterocycles. The van der Waals surface area contributed by atoms with Gasteiger partial charge in [0.05, 0.1) is 0 Å². The van der Waals surface area contributed by atoms with E-state index >= 15 is 0 Å². The molecule has 80 valence electrons. The normalized spacial score (nSPS) is 13.0. The quantitative estimate of drug-likeness (QED) is 0.562. The molecule has 2 N–H and O–H groups in total. The minimum absolute atomic E-state index is 0.0295. The first-order valence-electron chi connectivity index (χ1n) is 5.35. The molecule has 3 rings (SSSR count). The highest BCUT2D eigenvalue weighted by molar-refractivity contribution is 5.55. The second-order valence-electron chi connectivity index (χ2n) is 4.19. The van der Waals surface area contributed by atoms with Gasteiger partial charge >= 0.3 is 0 Å². The van der Waals surface area contributed by atoms with E-state index in [4.69, 9.17) is 0 Å². The lowest BCUT2D eigenvalue weighted by Gasteiger charge is -2.20. The molecule has 0 saturated carbocycles. The lowest BCUT2D eigenvalue weighted by Crippen LogP contribution is -2.07. The molecule has 1 aliphatic carbocycles. The molecule has 0 spiro atoms. The predicted octanol–water partition coefficient (Wildman–Crippen LogP) is 2.59. The Hall–Kier alpha value is -1.96. The summed E-state index contributed by atoms with van der Waals surface area (Å²) >= 11 is 0. The zero-order valence-corrected chi connectivity index (χ0v) is 8.77. The van der Waals surface area contributed by atoms with Crippen LogP contribution in [0.25, 0.3) is 0 Å². The fraction of sp³-hybridized carbons (Fsp3) is 0.143. The van der Waals surface area contributed by atoms with Gasteiger partial charge in [-0.15, -0.1) is 0 Å². The molecular formula is C14H12O2. The van der Waals surface area contributed by atoms with Crippen LogP contribution in [0, 0.1) is 0 Å². The van der Waals surface area contributed by atoms with E-state index in [1.54, 1.807) is 6.07 Å². The second kappa shape index (κ2) is 3.27. The van der Waals surface area contributed by atoms with Crippen LogP contribution in [0.2, 0.25) is 0 Å². The highest BCUT2D eigenvalue weighted by atomic mass is 16.3. The molecule has 2 aromatic carbocycles. The highest BCUT2D eigenvalue weighted by Crippen LogP contribution is 2.37. The Balaban J connectivity index is 2.16. The van der Waals surface area contributed by atoms with Crippen LogP contribution < -0.4 is 0 Å². The number of hydrogen-bond donors (Lipinski definition) is 2. The van der Waals surface area contributed by atoms with Crippen LogP contribution in [0.3, 0.4) is 0 Å². The van der Waals surface area contributed by atoms with Gasteiger partial charge in [0.25, 0.3) is 0 Å². The van der Waals surface area contributed by atoms with Crippen LogP contribution in [0.15, 0.2) is 36.4 Å². The van der Waals surface area contributed by atoms with Gasteiger partial charge in [0, 0.05) is 12.0 Å². The van der Waals surface area contributed by atoms with Crippen molar-refractivity contribution in [1.29, 1.82) is 0 Å². The molecule has 0 unspecified atom stereocenters. The fourth-order valence-corrected chi connectivity index (χ4v) is 2.33. The van der Waals surface area contributed by atoms with Crippen molar-refractivity contribution in [2.75, 3.05) is 0 Å². The topological polar surface area (TPSA) is 40.5 Å². The summed E-state index contributed by atoms with van der Waals surface area (Å²) in [5.74, 6) is 0.00475. The predicted molar refractivity (Wildman–Crippen MR) is 61.8 cm³/mol. The van der Waals surface area contributed by atoms with E-state index in [1.807, 2.05) is 18.2 Å². The van der Waals surface area contributed by atoms with Gasteiger partial charge in [0.1, 0.15) is 0 Å². The minimum Gasteiger partial charge on any atom is -0.504 e. The molecular weight excluding hydrogens is 200 g/mol. The van der Waals surface area contributed by atoms with Crippen LogP contribution in [-0.2, 0) is 12.8 Å². The SMILES string of the molecule is Oc1ccc2c(c1O)Cc1ccccc1C2. The standard InChI is InChI=1S/C14H12O2/c15-13-6-5-11-7-9-3-1-2-4-10(9)8-12(11)14(13)16/h1-6,15-16H,7-8H2. The van der Waals surface area contributed by atoms with Crippen LogP contribution in [0.5, 0.6) is 11.5 Å². The van der Waals surface area contributed by atoms with Crippen LogP contribution in [0.4, 0.5) is 0 Å². The summed E-state index contributed by atoms with van der Waals surface area (Å²) in [5.41, 5.74) is 4.50. The Labute approximate surface area is 93.8 Å². The monoisotopic (exact) mass is 212 g/mol. The number of phenols is 2. The first kappa shape index (κ1) is 9.28. The third kappa shape index (κ3) is 1.27. The van der Waals surface area contributed by atoms with Crippen molar-refractivity contribution < 1.29 is 10.2 Å². The van der Waals surface area contributed by atoms with E-state index in [1.165, 1.54) is 11.1 Å². The van der Waals surface area contributed by atoms with Gasteiger partial charge < -0.3 is 10.2 Å². The molecule has 0 fully saturated rings. The van der Waals surface area contributed by atoms with Crippen molar-refractivity contribution in [3.63, 3.8) is 0 Å². The van der Waals surface area contributed by atoms with Gasteiger partial charge in [-0.2, -0.15) is 0 Å². The van der Waals surface area contributed by atoms with Gasteiger partial charge in [-0.1, -0.05) is 30.3 Å². The van der Waals surface area contributed by atoms with Crippen molar-refractivity contribution >= 4 is 0 Å². The maximum Gasteiger partial charge on any atom is 0.161 e. The Kier molecular flexibility index (Phi) is 1.90. The zero-order valence-electron chi connectivity index (χ0n) is 8.77. The molecule has 0 atom stereocenters. The van der Waals surface area contributed by atoms with Gasteiger partial charge in [-0.3, -0.25) is 0 Å². The number of fused-ring (bicyclic) bond motifs is 2. The fourth-order valence-electron chi connectivity index (χ4n) is 2.33. The zero-order chi connectivity index (χ0) is 11.1. The van der Waals surface area contributed by atoms with Crippen molar-refractivity contribution in [2.24, 2.45) is 0 Å². The van der Waals surface area contributed by atoms with Gasteiger partial charge in [0.15, 0.2) is 11.5 Å². The Morgan fingerprint density at radius 3 is 2.19 bits per heavy atom. The Morgan fingerprint density at radius 1 is 0.750 bits per heavy atom. The third-order valence-corrected chi connectivity index (χ3v) is 3.22. The lowest BCUT2D eigenvalue weighted by molar-refractivity contribution is 0.399. The van der Waals surface area contributed by atoms with Crippen molar-refractivity contribution in [3.05, 3.63) is 58.7 Å². The number of rotatable bonds is 0. The van der Waals surface area contributed by atoms with Crippen LogP contribution in [-0.4, -0.2) is 10.2 Å². The van der Waals surface area contributed by atoms with Crippen LogP contribution in [0.1, 0.15) is 22.3 Å². The van der Waals surface area contributed by atoms with E-state index in [2.05, 4.69) is 12.1 Å². The number of aromatic hydroxyl groups is 2. The molecule has 16 heavy (non-hydrogen) atoms. The minimum atomic E-state index is -0.0295. The van der Waals surface area contributed by atoms with E-state index in [9.17, 15) is 10.2 Å². The first-order chi connectivity index (χ1) is 7.75. The number of benzene rings is 2. The van der Waals surface area contributed by atoms with E-state index in [0.29, 0.717) is 6.42 Å². The molecule has 0 radical (unpaired) electrons. The molecule has 2 aromatic rings. The smallest absolute Gasteiger partial charge is 0.161 e. The summed E-state index contributed by atoms with van der Waals surface area (Å²) in [5, 5.41) is 19.3. The van der Waals surface area contributed by atoms with Gasteiger partial charge in [-0.05, 0) is 29.2 Å². The van der Waals surface area contributed by atoms with Gasteiger partial charge in [-0.25, -0.2) is 0 Å². The van der Waals surface area contributed by atoms with Crippen molar-refractivity contribution in [1.82, 2.24) is 0 Å². The third-order valence-electron chi connectivity index (χ3n) is 3.22. The van der Waals surface area contributed by atoms with E-state index in [0.717, 1.165) is 17.5 Å². The van der Waals surface area contributed by atoms with Crippen LogP contribution >= 0.6 is 0 Å². The molecule has 0 aliphatic heterocycles. The summed E-state index contributed by atoms with van der Waals surface area (Å²) < 4.78 is 0. The Morgan fingerprint density at radius 2 is 1.44 bits per heavy atom. The molecule has 0 heterocycles. The number of phenolic OH excluding ortho intramolecular Hbond substituents is 2. The average molecular weight is 212 g/mol. The Bertz CT molecular complexity index is 559. The first-order valence-corrected chi connectivity index (χ1v) is 5.35. The van der Waals surface area contributed by atoms with Crippen molar-refractivity contribution in [2.45, 2.75) is 12.8 Å². The van der Waals surface area contributed by atoms with Gasteiger partial charge in [0.2, 0.25) is 0 Å². The molecule has 0 bridgehead atoms. The summed E-state index contributed by atoms with van der Waals surface area (Å²) in [4.78, 5) is 0. The molecule has 2 heteroatoms. The lowest BCUT2D eigenvalue weighted by atomic mass is 9.85. The number of hydrogen-bond acceptors (Lipinski definition) is 2. The summed E-state index contributed by atoms with van der Waals surface area (Å²) in [7, 11) is 0. The summed E-state index contributed by atoms with van der Waals surface area (Å²) in [6.45, 7) is 0.